The van der Waals surface area contributed by atoms with E-state index in [1.807, 2.05) is 36.4 Å². The first kappa shape index (κ1) is 13.1. The van der Waals surface area contributed by atoms with Crippen molar-refractivity contribution >= 4 is 22.1 Å². The van der Waals surface area contributed by atoms with Crippen molar-refractivity contribution < 1.29 is 8.83 Å². The number of benzene rings is 1. The monoisotopic (exact) mass is 316 g/mol. The number of fused-ring (bicyclic) bond motifs is 3. The van der Waals surface area contributed by atoms with Crippen LogP contribution in [0.15, 0.2) is 70.2 Å². The average Bonchev–Trinajstić information content (AvgIpc) is 3.36. The smallest absolute Gasteiger partial charge is 0.177 e. The standard InChI is InChI=1S/C18H12N4O2/c1-3-12(23-9-1)11-22-14-6-5-13-16(20-8-7-19-13)17(14)21-18(22)15-4-2-10-24-15/h1-10H,11H2. The van der Waals surface area contributed by atoms with Gasteiger partial charge in [-0.3, -0.25) is 9.97 Å². The number of hydrogen-bond donors (Lipinski definition) is 0. The molecule has 0 aliphatic rings. The lowest BCUT2D eigenvalue weighted by molar-refractivity contribution is 0.494. The van der Waals surface area contributed by atoms with E-state index in [2.05, 4.69) is 14.5 Å². The SMILES string of the molecule is c1coc(Cn2c(-c3ccco3)nc3c4nccnc4ccc32)c1. The fourth-order valence-corrected chi connectivity index (χ4v) is 2.93. The Labute approximate surface area is 136 Å². The van der Waals surface area contributed by atoms with Crippen molar-refractivity contribution in [1.29, 1.82) is 0 Å². The van der Waals surface area contributed by atoms with Gasteiger partial charge in [-0.2, -0.15) is 0 Å². The lowest BCUT2D eigenvalue weighted by Gasteiger charge is -2.06. The van der Waals surface area contributed by atoms with Crippen LogP contribution in [0.4, 0.5) is 0 Å². The maximum Gasteiger partial charge on any atom is 0.177 e. The molecule has 0 radical (unpaired) electrons. The molecule has 0 aliphatic carbocycles. The van der Waals surface area contributed by atoms with Gasteiger partial charge in [-0.05, 0) is 36.4 Å². The molecule has 0 fully saturated rings. The Morgan fingerprint density at radius 3 is 2.58 bits per heavy atom. The molecule has 0 spiro atoms. The predicted molar refractivity (Wildman–Crippen MR) is 88.3 cm³/mol. The van der Waals surface area contributed by atoms with Crippen molar-refractivity contribution in [2.45, 2.75) is 6.54 Å². The van der Waals surface area contributed by atoms with E-state index in [9.17, 15) is 0 Å². The third-order valence-electron chi connectivity index (χ3n) is 3.99. The highest BCUT2D eigenvalue weighted by molar-refractivity contribution is 6.01. The lowest BCUT2D eigenvalue weighted by Crippen LogP contribution is -2.00. The summed E-state index contributed by atoms with van der Waals surface area (Å²) in [4.78, 5) is 13.6. The molecule has 5 rings (SSSR count). The third-order valence-corrected chi connectivity index (χ3v) is 3.99. The quantitative estimate of drug-likeness (QED) is 0.505. The second-order valence-electron chi connectivity index (χ2n) is 5.44. The van der Waals surface area contributed by atoms with Crippen LogP contribution < -0.4 is 0 Å². The first-order valence-corrected chi connectivity index (χ1v) is 7.56. The lowest BCUT2D eigenvalue weighted by atomic mass is 10.2. The van der Waals surface area contributed by atoms with Crippen molar-refractivity contribution in [1.82, 2.24) is 19.5 Å². The van der Waals surface area contributed by atoms with Gasteiger partial charge in [-0.1, -0.05) is 0 Å². The summed E-state index contributed by atoms with van der Waals surface area (Å²) in [6, 6.07) is 11.5. The van der Waals surface area contributed by atoms with Crippen molar-refractivity contribution in [3.63, 3.8) is 0 Å². The molecule has 5 aromatic rings. The maximum absolute atomic E-state index is 5.57. The van der Waals surface area contributed by atoms with E-state index >= 15 is 0 Å². The Kier molecular flexibility index (Phi) is 2.75. The Bertz CT molecular complexity index is 1120. The first-order chi connectivity index (χ1) is 11.9. The summed E-state index contributed by atoms with van der Waals surface area (Å²) >= 11 is 0. The van der Waals surface area contributed by atoms with Crippen molar-refractivity contribution in [2.24, 2.45) is 0 Å². The summed E-state index contributed by atoms with van der Waals surface area (Å²) in [7, 11) is 0. The molecular formula is C18H12N4O2. The Balaban J connectivity index is 1.83. The van der Waals surface area contributed by atoms with Gasteiger partial charge in [0.05, 0.1) is 30.1 Å². The van der Waals surface area contributed by atoms with E-state index in [1.54, 1.807) is 24.9 Å². The summed E-state index contributed by atoms with van der Waals surface area (Å²) in [6.45, 7) is 0.561. The van der Waals surface area contributed by atoms with E-state index in [1.165, 1.54) is 0 Å². The van der Waals surface area contributed by atoms with Gasteiger partial charge in [0.15, 0.2) is 11.6 Å². The van der Waals surface area contributed by atoms with Crippen molar-refractivity contribution in [3.05, 3.63) is 67.1 Å². The largest absolute Gasteiger partial charge is 0.467 e. The summed E-state index contributed by atoms with van der Waals surface area (Å²) in [5, 5.41) is 0. The average molecular weight is 316 g/mol. The van der Waals surface area contributed by atoms with Crippen LogP contribution in [0.25, 0.3) is 33.7 Å². The minimum atomic E-state index is 0.561. The van der Waals surface area contributed by atoms with Crippen LogP contribution in [0, 0.1) is 0 Å². The number of hydrogen-bond acceptors (Lipinski definition) is 5. The molecule has 0 amide bonds. The van der Waals surface area contributed by atoms with Gasteiger partial charge < -0.3 is 13.4 Å². The zero-order chi connectivity index (χ0) is 15.9. The molecule has 0 saturated carbocycles. The highest BCUT2D eigenvalue weighted by Crippen LogP contribution is 2.29. The van der Waals surface area contributed by atoms with Crippen LogP contribution in [0.2, 0.25) is 0 Å². The summed E-state index contributed by atoms with van der Waals surface area (Å²) in [6.07, 6.45) is 6.67. The van der Waals surface area contributed by atoms with Crippen molar-refractivity contribution in [2.75, 3.05) is 0 Å². The molecule has 0 bridgehead atoms. The van der Waals surface area contributed by atoms with E-state index < -0.39 is 0 Å². The van der Waals surface area contributed by atoms with Crippen LogP contribution in [0.1, 0.15) is 5.76 Å². The van der Waals surface area contributed by atoms with Gasteiger partial charge in [-0.25, -0.2) is 4.98 Å². The fourth-order valence-electron chi connectivity index (χ4n) is 2.93. The van der Waals surface area contributed by atoms with Gasteiger partial charge >= 0.3 is 0 Å². The molecule has 6 heteroatoms. The second kappa shape index (κ2) is 5.06. The predicted octanol–water partition coefficient (Wildman–Crippen LogP) is 3.88. The normalized spacial score (nSPS) is 11.5. The fraction of sp³-hybridized carbons (Fsp3) is 0.0556. The molecule has 24 heavy (non-hydrogen) atoms. The van der Waals surface area contributed by atoms with Crippen LogP contribution in [-0.2, 0) is 6.54 Å². The van der Waals surface area contributed by atoms with E-state index in [-0.39, 0.29) is 0 Å². The summed E-state index contributed by atoms with van der Waals surface area (Å²) < 4.78 is 13.1. The summed E-state index contributed by atoms with van der Waals surface area (Å²) in [5.41, 5.74) is 3.36. The highest BCUT2D eigenvalue weighted by Gasteiger charge is 2.18. The van der Waals surface area contributed by atoms with E-state index in [0.717, 1.165) is 33.7 Å². The number of rotatable bonds is 3. The van der Waals surface area contributed by atoms with Gasteiger partial charge in [0.2, 0.25) is 0 Å². The van der Waals surface area contributed by atoms with Crippen LogP contribution in [-0.4, -0.2) is 19.5 Å². The molecule has 6 nitrogen and oxygen atoms in total. The number of aromatic nitrogens is 4. The second-order valence-corrected chi connectivity index (χ2v) is 5.44. The minimum absolute atomic E-state index is 0.561. The van der Waals surface area contributed by atoms with Crippen LogP contribution >= 0.6 is 0 Å². The first-order valence-electron chi connectivity index (χ1n) is 7.56. The topological polar surface area (TPSA) is 69.9 Å². The van der Waals surface area contributed by atoms with Gasteiger partial charge in [-0.15, -0.1) is 0 Å². The molecule has 0 aliphatic heterocycles. The number of furan rings is 2. The van der Waals surface area contributed by atoms with Crippen LogP contribution in [0.3, 0.4) is 0 Å². The molecule has 0 unspecified atom stereocenters. The van der Waals surface area contributed by atoms with Crippen molar-refractivity contribution in [3.8, 4) is 11.6 Å². The molecule has 4 heterocycles. The van der Waals surface area contributed by atoms with E-state index in [4.69, 9.17) is 13.8 Å². The summed E-state index contributed by atoms with van der Waals surface area (Å²) in [5.74, 6) is 2.29. The van der Waals surface area contributed by atoms with Gasteiger partial charge in [0, 0.05) is 12.4 Å². The zero-order valence-corrected chi connectivity index (χ0v) is 12.6. The Hall–Kier alpha value is -3.41. The molecule has 0 N–H and O–H groups in total. The van der Waals surface area contributed by atoms with Crippen LogP contribution in [0.5, 0.6) is 0 Å². The molecule has 1 aromatic carbocycles. The van der Waals surface area contributed by atoms with Gasteiger partial charge in [0.25, 0.3) is 0 Å². The third kappa shape index (κ3) is 1.93. The zero-order valence-electron chi connectivity index (χ0n) is 12.6. The molecule has 0 saturated heterocycles. The molecule has 4 aromatic heterocycles. The van der Waals surface area contributed by atoms with E-state index in [0.29, 0.717) is 12.3 Å². The molecular weight excluding hydrogens is 304 g/mol. The highest BCUT2D eigenvalue weighted by atomic mass is 16.3. The number of nitrogens with zero attached hydrogens (tertiary/aromatic N) is 4. The molecule has 116 valence electrons. The Morgan fingerprint density at radius 1 is 0.875 bits per heavy atom. The van der Waals surface area contributed by atoms with Gasteiger partial charge in [0.1, 0.15) is 16.8 Å². The minimum Gasteiger partial charge on any atom is -0.467 e. The Morgan fingerprint density at radius 2 is 1.75 bits per heavy atom. The number of imidazole rings is 1. The molecule has 0 atom stereocenters. The maximum atomic E-state index is 5.57.